The van der Waals surface area contributed by atoms with Gasteiger partial charge in [-0.15, -0.1) is 0 Å². The molecule has 2 aromatic rings. The molecule has 0 aliphatic heterocycles. The summed E-state index contributed by atoms with van der Waals surface area (Å²) in [5.74, 6) is -1.95. The number of fused-ring (bicyclic) bond motifs is 1. The lowest BCUT2D eigenvalue weighted by Gasteiger charge is -2.24. The van der Waals surface area contributed by atoms with Crippen molar-refractivity contribution in [2.24, 2.45) is 0 Å². The highest BCUT2D eigenvalue weighted by molar-refractivity contribution is 5.97. The Hall–Kier alpha value is -2.90. The van der Waals surface area contributed by atoms with Crippen molar-refractivity contribution in [3.05, 3.63) is 39.9 Å². The Morgan fingerprint density at radius 3 is 2.60 bits per heavy atom. The lowest BCUT2D eigenvalue weighted by atomic mass is 9.95. The van der Waals surface area contributed by atoms with Crippen molar-refractivity contribution in [2.45, 2.75) is 71.4 Å². The number of halogens is 1. The number of anilines is 1. The molecule has 0 atom stereocenters. The van der Waals surface area contributed by atoms with E-state index >= 15 is 0 Å². The molecular weight excluding hydrogens is 389 g/mol. The maximum Gasteiger partial charge on any atom is 0.332 e. The van der Waals surface area contributed by atoms with Gasteiger partial charge in [0.25, 0.3) is 5.91 Å². The number of aromatic nitrogens is 1. The predicted molar refractivity (Wildman–Crippen MR) is 113 cm³/mol. The van der Waals surface area contributed by atoms with Crippen LogP contribution in [0.15, 0.2) is 23.1 Å². The van der Waals surface area contributed by atoms with Crippen LogP contribution >= 0.6 is 0 Å². The summed E-state index contributed by atoms with van der Waals surface area (Å²) in [7, 11) is 0. The third kappa shape index (κ3) is 4.80. The molecule has 1 aromatic carbocycles. The summed E-state index contributed by atoms with van der Waals surface area (Å²) < 4.78 is 16.5. The van der Waals surface area contributed by atoms with Gasteiger partial charge in [0, 0.05) is 30.6 Å². The van der Waals surface area contributed by atoms with E-state index in [1.807, 2.05) is 12.4 Å². The van der Waals surface area contributed by atoms with Crippen LogP contribution in [0.4, 0.5) is 10.1 Å². The molecule has 30 heavy (non-hydrogen) atoms. The van der Waals surface area contributed by atoms with Crippen molar-refractivity contribution in [1.29, 1.82) is 0 Å². The largest absolute Gasteiger partial charge is 0.380 e. The van der Waals surface area contributed by atoms with E-state index in [1.165, 1.54) is 18.7 Å². The van der Waals surface area contributed by atoms with Crippen molar-refractivity contribution in [3.63, 3.8) is 0 Å². The molecular formula is C22H28FN3O4. The third-order valence-corrected chi connectivity index (χ3v) is 5.43. The second kappa shape index (κ2) is 9.73. The molecule has 1 fully saturated rings. The first-order valence-corrected chi connectivity index (χ1v) is 10.6. The molecule has 1 aliphatic rings. The van der Waals surface area contributed by atoms with Crippen LogP contribution in [-0.2, 0) is 16.2 Å². The number of aryl methyl sites for hydroxylation is 1. The van der Waals surface area contributed by atoms with Gasteiger partial charge in [-0.2, -0.15) is 5.48 Å². The van der Waals surface area contributed by atoms with Crippen molar-refractivity contribution in [1.82, 2.24) is 10.0 Å². The van der Waals surface area contributed by atoms with Gasteiger partial charge >= 0.3 is 5.97 Å². The Kier molecular flexibility index (Phi) is 7.07. The summed E-state index contributed by atoms with van der Waals surface area (Å²) in [4.78, 5) is 41.4. The van der Waals surface area contributed by atoms with Crippen molar-refractivity contribution >= 4 is 28.5 Å². The number of carbonyl (C=O) groups is 2. The molecule has 1 saturated carbocycles. The standard InChI is InChI=1S/C22H28FN3O4/c1-3-8-20(27)30-25-22(29)16-13-26(4-2)19-12-18(17(23)11-15(19)21(16)28)24-14-9-6-5-7-10-14/h11-14,24H,3-10H2,1-2H3,(H,25,29). The van der Waals surface area contributed by atoms with Gasteiger partial charge in [0.05, 0.1) is 11.2 Å². The minimum Gasteiger partial charge on any atom is -0.380 e. The second-order valence-corrected chi connectivity index (χ2v) is 7.64. The fraction of sp³-hybridized carbons (Fsp3) is 0.500. The number of benzene rings is 1. The second-order valence-electron chi connectivity index (χ2n) is 7.64. The molecule has 0 unspecified atom stereocenters. The van der Waals surface area contributed by atoms with E-state index in [9.17, 15) is 18.8 Å². The van der Waals surface area contributed by atoms with Gasteiger partial charge in [0.15, 0.2) is 0 Å². The van der Waals surface area contributed by atoms with Gasteiger partial charge in [0.1, 0.15) is 11.4 Å². The molecule has 1 aromatic heterocycles. The Balaban J connectivity index is 1.93. The summed E-state index contributed by atoms with van der Waals surface area (Å²) in [5, 5.41) is 3.37. The topological polar surface area (TPSA) is 89.4 Å². The Morgan fingerprint density at radius 2 is 1.93 bits per heavy atom. The van der Waals surface area contributed by atoms with Crippen LogP contribution in [0.1, 0.15) is 69.2 Å². The summed E-state index contributed by atoms with van der Waals surface area (Å²) >= 11 is 0. The Bertz CT molecular complexity index is 996. The first-order valence-electron chi connectivity index (χ1n) is 10.6. The van der Waals surface area contributed by atoms with E-state index in [1.54, 1.807) is 17.6 Å². The SMILES string of the molecule is CCCC(=O)ONC(=O)c1cn(CC)c2cc(NC3CCCCC3)c(F)cc2c1=O. The predicted octanol–water partition coefficient (Wildman–Crippen LogP) is 3.89. The zero-order chi connectivity index (χ0) is 21.7. The number of nitrogens with zero attached hydrogens (tertiary/aromatic N) is 1. The van der Waals surface area contributed by atoms with E-state index in [4.69, 9.17) is 4.84 Å². The number of hydroxylamine groups is 1. The molecule has 0 radical (unpaired) electrons. The zero-order valence-electron chi connectivity index (χ0n) is 17.4. The molecule has 162 valence electrons. The lowest BCUT2D eigenvalue weighted by Crippen LogP contribution is -2.32. The Labute approximate surface area is 174 Å². The molecule has 8 heteroatoms. The molecule has 2 N–H and O–H groups in total. The number of rotatable bonds is 6. The summed E-state index contributed by atoms with van der Waals surface area (Å²) in [6, 6.07) is 3.03. The van der Waals surface area contributed by atoms with Gasteiger partial charge in [0.2, 0.25) is 5.43 Å². The van der Waals surface area contributed by atoms with Crippen LogP contribution in [0.25, 0.3) is 10.9 Å². The minimum atomic E-state index is -0.835. The third-order valence-electron chi connectivity index (χ3n) is 5.43. The van der Waals surface area contributed by atoms with Crippen molar-refractivity contribution in [2.75, 3.05) is 5.32 Å². The number of amides is 1. The summed E-state index contributed by atoms with van der Waals surface area (Å²) in [6.07, 6.45) is 7.56. The van der Waals surface area contributed by atoms with Gasteiger partial charge < -0.3 is 14.7 Å². The number of hydrogen-bond acceptors (Lipinski definition) is 5. The molecule has 0 saturated heterocycles. The average molecular weight is 417 g/mol. The van der Waals surface area contributed by atoms with E-state index in [2.05, 4.69) is 5.32 Å². The average Bonchev–Trinajstić information content (AvgIpc) is 2.74. The molecule has 1 aliphatic carbocycles. The number of carbonyl (C=O) groups excluding carboxylic acids is 2. The highest BCUT2D eigenvalue weighted by Gasteiger charge is 2.20. The number of hydrogen-bond donors (Lipinski definition) is 2. The highest BCUT2D eigenvalue weighted by Crippen LogP contribution is 2.26. The fourth-order valence-corrected chi connectivity index (χ4v) is 3.82. The first-order chi connectivity index (χ1) is 14.4. The zero-order valence-corrected chi connectivity index (χ0v) is 17.4. The van der Waals surface area contributed by atoms with Crippen LogP contribution in [0.3, 0.4) is 0 Å². The fourth-order valence-electron chi connectivity index (χ4n) is 3.82. The van der Waals surface area contributed by atoms with Crippen LogP contribution in [0.2, 0.25) is 0 Å². The van der Waals surface area contributed by atoms with Gasteiger partial charge in [-0.1, -0.05) is 26.2 Å². The molecule has 1 heterocycles. The first kappa shape index (κ1) is 21.8. The Morgan fingerprint density at radius 1 is 1.20 bits per heavy atom. The maximum absolute atomic E-state index is 14.8. The van der Waals surface area contributed by atoms with Gasteiger partial charge in [-0.05, 0) is 38.3 Å². The maximum atomic E-state index is 14.8. The van der Waals surface area contributed by atoms with Crippen molar-refractivity contribution < 1.29 is 18.8 Å². The minimum absolute atomic E-state index is 0.107. The van der Waals surface area contributed by atoms with E-state index in [0.717, 1.165) is 25.7 Å². The van der Waals surface area contributed by atoms with Crippen molar-refractivity contribution in [3.8, 4) is 0 Å². The monoisotopic (exact) mass is 417 g/mol. The van der Waals surface area contributed by atoms with E-state index in [-0.39, 0.29) is 23.4 Å². The van der Waals surface area contributed by atoms with Crippen LogP contribution < -0.4 is 16.2 Å². The van der Waals surface area contributed by atoms with Crippen LogP contribution in [0, 0.1) is 5.82 Å². The smallest absolute Gasteiger partial charge is 0.332 e. The van der Waals surface area contributed by atoms with E-state index in [0.29, 0.717) is 24.2 Å². The number of pyridine rings is 1. The van der Waals surface area contributed by atoms with Gasteiger partial charge in [-0.25, -0.2) is 9.18 Å². The molecule has 0 bridgehead atoms. The molecule has 0 spiro atoms. The van der Waals surface area contributed by atoms with E-state index < -0.39 is 23.1 Å². The highest BCUT2D eigenvalue weighted by atomic mass is 19.1. The number of nitrogens with one attached hydrogen (secondary N) is 2. The molecule has 1 amide bonds. The quantitative estimate of drug-likeness (QED) is 0.696. The van der Waals surface area contributed by atoms with Gasteiger partial charge in [-0.3, -0.25) is 9.59 Å². The molecule has 3 rings (SSSR count). The summed E-state index contributed by atoms with van der Waals surface area (Å²) in [6.45, 7) is 4.14. The lowest BCUT2D eigenvalue weighted by molar-refractivity contribution is -0.149. The molecule has 7 nitrogen and oxygen atoms in total. The normalized spacial score (nSPS) is 14.5. The van der Waals surface area contributed by atoms with Crippen LogP contribution in [-0.4, -0.2) is 22.5 Å². The van der Waals surface area contributed by atoms with Crippen LogP contribution in [0.5, 0.6) is 0 Å². The summed E-state index contributed by atoms with van der Waals surface area (Å²) in [5.41, 5.74) is 2.10.